The van der Waals surface area contributed by atoms with Gasteiger partial charge in [-0.25, -0.2) is 0 Å². The fourth-order valence-electron chi connectivity index (χ4n) is 1.78. The summed E-state index contributed by atoms with van der Waals surface area (Å²) in [7, 11) is 0. The summed E-state index contributed by atoms with van der Waals surface area (Å²) in [5.74, 6) is 0.364. The molecule has 94 valence electrons. The molecule has 1 nitrogen and oxygen atoms in total. The minimum absolute atomic E-state index is 0.191. The van der Waals surface area contributed by atoms with Crippen molar-refractivity contribution in [1.29, 1.82) is 0 Å². The van der Waals surface area contributed by atoms with E-state index in [9.17, 15) is 0 Å². The van der Waals surface area contributed by atoms with Crippen LogP contribution in [0.3, 0.4) is 0 Å². The molecule has 0 fully saturated rings. The maximum atomic E-state index is 4.49. The van der Waals surface area contributed by atoms with Crippen molar-refractivity contribution in [2.75, 3.05) is 0 Å². The van der Waals surface area contributed by atoms with Crippen molar-refractivity contribution in [2.45, 2.75) is 47.5 Å². The predicted molar refractivity (Wildman–Crippen MR) is 75.0 cm³/mol. The van der Waals surface area contributed by atoms with E-state index in [-0.39, 0.29) is 10.8 Å². The van der Waals surface area contributed by atoms with E-state index in [1.807, 2.05) is 12.3 Å². The average molecular weight is 231 g/mol. The van der Waals surface area contributed by atoms with Gasteiger partial charge in [0.15, 0.2) is 0 Å². The SMILES string of the molecule is CC(C)(C)/C=C/[C@@H](c1ccccn1)C(C)(C)C. The number of nitrogens with zero attached hydrogens (tertiary/aromatic N) is 1. The zero-order chi connectivity index (χ0) is 13.1. The highest BCUT2D eigenvalue weighted by Crippen LogP contribution is 2.36. The molecule has 1 aromatic heterocycles. The maximum Gasteiger partial charge on any atom is 0.0477 e. The summed E-state index contributed by atoms with van der Waals surface area (Å²) in [6.45, 7) is 13.5. The first-order chi connectivity index (χ1) is 7.70. The Morgan fingerprint density at radius 1 is 1.06 bits per heavy atom. The van der Waals surface area contributed by atoms with Crippen LogP contribution in [0.5, 0.6) is 0 Å². The Kier molecular flexibility index (Phi) is 4.13. The third-order valence-electron chi connectivity index (χ3n) is 2.73. The topological polar surface area (TPSA) is 12.9 Å². The second kappa shape index (κ2) is 5.03. The number of rotatable bonds is 2. The zero-order valence-corrected chi connectivity index (χ0v) is 12.0. The van der Waals surface area contributed by atoms with E-state index in [1.165, 1.54) is 0 Å². The molecule has 1 heteroatoms. The molecule has 0 aliphatic heterocycles. The van der Waals surface area contributed by atoms with E-state index in [1.54, 1.807) is 0 Å². The summed E-state index contributed by atoms with van der Waals surface area (Å²) in [5.41, 5.74) is 1.56. The van der Waals surface area contributed by atoms with Gasteiger partial charge in [-0.2, -0.15) is 0 Å². The second-order valence-electron chi connectivity index (χ2n) is 6.82. The van der Waals surface area contributed by atoms with Crippen LogP contribution in [0.4, 0.5) is 0 Å². The molecule has 0 spiro atoms. The Morgan fingerprint density at radius 2 is 1.71 bits per heavy atom. The van der Waals surface area contributed by atoms with E-state index < -0.39 is 0 Å². The molecular formula is C16H25N. The highest BCUT2D eigenvalue weighted by atomic mass is 14.7. The lowest BCUT2D eigenvalue weighted by molar-refractivity contribution is 0.358. The van der Waals surface area contributed by atoms with Crippen LogP contribution < -0.4 is 0 Å². The van der Waals surface area contributed by atoms with Gasteiger partial charge in [0.25, 0.3) is 0 Å². The number of hydrogen-bond donors (Lipinski definition) is 0. The molecule has 1 rings (SSSR count). The minimum atomic E-state index is 0.191. The number of allylic oxidation sites excluding steroid dienone is 2. The minimum Gasteiger partial charge on any atom is -0.261 e. The van der Waals surface area contributed by atoms with Crippen LogP contribution in [0.2, 0.25) is 0 Å². The summed E-state index contributed by atoms with van der Waals surface area (Å²) in [6.07, 6.45) is 6.47. The van der Waals surface area contributed by atoms with Crippen molar-refractivity contribution in [3.05, 3.63) is 42.2 Å². The fraction of sp³-hybridized carbons (Fsp3) is 0.562. The van der Waals surface area contributed by atoms with Crippen molar-refractivity contribution in [1.82, 2.24) is 4.98 Å². The van der Waals surface area contributed by atoms with Crippen LogP contribution in [0.1, 0.15) is 53.2 Å². The van der Waals surface area contributed by atoms with Crippen molar-refractivity contribution >= 4 is 0 Å². The molecule has 0 bridgehead atoms. The van der Waals surface area contributed by atoms with Crippen LogP contribution in [-0.4, -0.2) is 4.98 Å². The summed E-state index contributed by atoms with van der Waals surface area (Å²) in [6, 6.07) is 6.14. The smallest absolute Gasteiger partial charge is 0.0477 e. The zero-order valence-electron chi connectivity index (χ0n) is 12.0. The molecule has 0 saturated carbocycles. The Morgan fingerprint density at radius 3 is 2.12 bits per heavy atom. The molecule has 0 radical (unpaired) electrons. The monoisotopic (exact) mass is 231 g/mol. The van der Waals surface area contributed by atoms with E-state index in [0.29, 0.717) is 5.92 Å². The van der Waals surface area contributed by atoms with Crippen LogP contribution in [-0.2, 0) is 0 Å². The van der Waals surface area contributed by atoms with Crippen LogP contribution in [0.15, 0.2) is 36.5 Å². The fourth-order valence-corrected chi connectivity index (χ4v) is 1.78. The first kappa shape index (κ1) is 14.0. The van der Waals surface area contributed by atoms with E-state index >= 15 is 0 Å². The van der Waals surface area contributed by atoms with Gasteiger partial charge in [0.1, 0.15) is 0 Å². The van der Waals surface area contributed by atoms with Gasteiger partial charge in [-0.05, 0) is 23.0 Å². The van der Waals surface area contributed by atoms with Crippen molar-refractivity contribution in [2.24, 2.45) is 10.8 Å². The van der Waals surface area contributed by atoms with Gasteiger partial charge < -0.3 is 0 Å². The van der Waals surface area contributed by atoms with Gasteiger partial charge in [-0.15, -0.1) is 0 Å². The van der Waals surface area contributed by atoms with Crippen molar-refractivity contribution in [3.8, 4) is 0 Å². The van der Waals surface area contributed by atoms with Gasteiger partial charge in [0, 0.05) is 17.8 Å². The third kappa shape index (κ3) is 4.72. The molecule has 0 unspecified atom stereocenters. The molecule has 1 atom stereocenters. The Labute approximate surface area is 106 Å². The van der Waals surface area contributed by atoms with E-state index in [4.69, 9.17) is 0 Å². The molecule has 0 N–H and O–H groups in total. The normalized spacial score (nSPS) is 15.2. The van der Waals surface area contributed by atoms with E-state index in [2.05, 4.69) is 70.8 Å². The predicted octanol–water partition coefficient (Wildman–Crippen LogP) is 4.81. The molecule has 17 heavy (non-hydrogen) atoms. The molecule has 0 aliphatic rings. The Balaban J connectivity index is 3.03. The van der Waals surface area contributed by atoms with Gasteiger partial charge >= 0.3 is 0 Å². The number of hydrogen-bond acceptors (Lipinski definition) is 1. The highest BCUT2D eigenvalue weighted by Gasteiger charge is 2.25. The van der Waals surface area contributed by atoms with Gasteiger partial charge in [-0.1, -0.05) is 59.8 Å². The Bertz CT molecular complexity index is 363. The molecule has 0 amide bonds. The van der Waals surface area contributed by atoms with Crippen LogP contribution >= 0.6 is 0 Å². The molecule has 0 saturated heterocycles. The lowest BCUT2D eigenvalue weighted by Crippen LogP contribution is -2.18. The van der Waals surface area contributed by atoms with Crippen molar-refractivity contribution in [3.63, 3.8) is 0 Å². The lowest BCUT2D eigenvalue weighted by atomic mass is 9.77. The first-order valence-corrected chi connectivity index (χ1v) is 6.30. The molecule has 0 aromatic carbocycles. The van der Waals surface area contributed by atoms with Crippen molar-refractivity contribution < 1.29 is 0 Å². The van der Waals surface area contributed by atoms with Crippen LogP contribution in [0, 0.1) is 10.8 Å². The molecule has 1 aromatic rings. The maximum absolute atomic E-state index is 4.49. The second-order valence-corrected chi connectivity index (χ2v) is 6.82. The molecule has 0 aliphatic carbocycles. The quantitative estimate of drug-likeness (QED) is 0.665. The lowest BCUT2D eigenvalue weighted by Gasteiger charge is -2.28. The average Bonchev–Trinajstić information content (AvgIpc) is 2.15. The standard InChI is InChI=1S/C16H25N/c1-15(2,3)11-10-13(16(4,5)6)14-9-7-8-12-17-14/h7-13H,1-6H3/b11-10+/t13-/m0/s1. The number of aromatic nitrogens is 1. The number of pyridine rings is 1. The van der Waals surface area contributed by atoms with E-state index in [0.717, 1.165) is 5.69 Å². The summed E-state index contributed by atoms with van der Waals surface area (Å²) >= 11 is 0. The summed E-state index contributed by atoms with van der Waals surface area (Å²) in [5, 5.41) is 0. The summed E-state index contributed by atoms with van der Waals surface area (Å²) in [4.78, 5) is 4.49. The van der Waals surface area contributed by atoms with Gasteiger partial charge in [0.2, 0.25) is 0 Å². The molecule has 1 heterocycles. The largest absolute Gasteiger partial charge is 0.261 e. The highest BCUT2D eigenvalue weighted by molar-refractivity contribution is 5.19. The first-order valence-electron chi connectivity index (χ1n) is 6.30. The molecular weight excluding hydrogens is 206 g/mol. The third-order valence-corrected chi connectivity index (χ3v) is 2.73. The van der Waals surface area contributed by atoms with Gasteiger partial charge in [0.05, 0.1) is 0 Å². The van der Waals surface area contributed by atoms with Crippen LogP contribution in [0.25, 0.3) is 0 Å². The summed E-state index contributed by atoms with van der Waals surface area (Å²) < 4.78 is 0. The van der Waals surface area contributed by atoms with Gasteiger partial charge in [-0.3, -0.25) is 4.98 Å². The Hall–Kier alpha value is -1.11.